The highest BCUT2D eigenvalue weighted by molar-refractivity contribution is 7.23. The molecule has 0 fully saturated rings. The van der Waals surface area contributed by atoms with Crippen molar-refractivity contribution in [2.45, 2.75) is 0 Å². The smallest absolute Gasteiger partial charge is 0.185 e. The summed E-state index contributed by atoms with van der Waals surface area (Å²) in [5.41, 5.74) is 1.91. The van der Waals surface area contributed by atoms with Gasteiger partial charge in [-0.25, -0.2) is 0 Å². The van der Waals surface area contributed by atoms with Gasteiger partial charge in [0.2, 0.25) is 0 Å². The van der Waals surface area contributed by atoms with E-state index in [0.29, 0.717) is 10.0 Å². The summed E-state index contributed by atoms with van der Waals surface area (Å²) in [7, 11) is -2.57. The monoisotopic (exact) mass is 442 g/mol. The van der Waals surface area contributed by atoms with Gasteiger partial charge in [-0.3, -0.25) is 0 Å². The van der Waals surface area contributed by atoms with Gasteiger partial charge in [0.05, 0.1) is 0 Å². The molecule has 1 nitrogen and oxygen atoms in total. The third kappa shape index (κ3) is 2.36. The van der Waals surface area contributed by atoms with Crippen molar-refractivity contribution in [1.29, 1.82) is 0 Å². The fraction of sp³-hybridized carbons (Fsp3) is 0. The highest BCUT2D eigenvalue weighted by Gasteiger charge is 2.51. The van der Waals surface area contributed by atoms with Crippen LogP contribution >= 0.6 is 23.2 Å². The molecule has 0 spiro atoms. The maximum Gasteiger partial charge on any atom is 0.185 e. The van der Waals surface area contributed by atoms with E-state index in [1.54, 1.807) is 0 Å². The SMILES string of the molecule is Clc1ccc2c(c1)-c1oc3cc(Cl)ccc3c1[Si]2(c1ccccc1)c1ccccc1. The van der Waals surface area contributed by atoms with Gasteiger partial charge in [0.25, 0.3) is 0 Å². The summed E-state index contributed by atoms with van der Waals surface area (Å²) in [6.07, 6.45) is 0. The minimum atomic E-state index is -2.57. The van der Waals surface area contributed by atoms with E-state index in [9.17, 15) is 0 Å². The van der Waals surface area contributed by atoms with Gasteiger partial charge >= 0.3 is 0 Å². The van der Waals surface area contributed by atoms with E-state index >= 15 is 0 Å². The molecule has 144 valence electrons. The molecule has 6 rings (SSSR count). The van der Waals surface area contributed by atoms with E-state index in [4.69, 9.17) is 27.6 Å². The lowest BCUT2D eigenvalue weighted by molar-refractivity contribution is 0.635. The summed E-state index contributed by atoms with van der Waals surface area (Å²) >= 11 is 12.8. The second-order valence-corrected chi connectivity index (χ2v) is 12.2. The number of furan rings is 1. The second-order valence-electron chi connectivity index (χ2n) is 7.62. The van der Waals surface area contributed by atoms with Crippen LogP contribution in [0.5, 0.6) is 0 Å². The number of rotatable bonds is 2. The largest absolute Gasteiger partial charge is 0.456 e. The van der Waals surface area contributed by atoms with Crippen LogP contribution in [0.15, 0.2) is 101 Å². The Kier molecular flexibility index (Phi) is 3.97. The molecule has 0 N–H and O–H groups in total. The van der Waals surface area contributed by atoms with E-state index in [0.717, 1.165) is 22.3 Å². The topological polar surface area (TPSA) is 13.1 Å². The van der Waals surface area contributed by atoms with Crippen molar-refractivity contribution in [3.05, 3.63) is 107 Å². The van der Waals surface area contributed by atoms with E-state index in [1.807, 2.05) is 24.3 Å². The number of hydrogen-bond acceptors (Lipinski definition) is 1. The van der Waals surface area contributed by atoms with Crippen molar-refractivity contribution in [1.82, 2.24) is 0 Å². The molecule has 0 saturated carbocycles. The average molecular weight is 443 g/mol. The lowest BCUT2D eigenvalue weighted by Crippen LogP contribution is -2.72. The van der Waals surface area contributed by atoms with Crippen LogP contribution in [0.3, 0.4) is 0 Å². The van der Waals surface area contributed by atoms with Crippen LogP contribution < -0.4 is 20.7 Å². The number of hydrogen-bond donors (Lipinski definition) is 0. The predicted molar refractivity (Wildman–Crippen MR) is 129 cm³/mol. The van der Waals surface area contributed by atoms with Gasteiger partial charge in [0.1, 0.15) is 11.3 Å². The van der Waals surface area contributed by atoms with E-state index in [2.05, 4.69) is 72.8 Å². The highest BCUT2D eigenvalue weighted by Crippen LogP contribution is 2.36. The Labute approximate surface area is 185 Å². The number of benzene rings is 4. The Morgan fingerprint density at radius 3 is 1.90 bits per heavy atom. The minimum Gasteiger partial charge on any atom is -0.456 e. The summed E-state index contributed by atoms with van der Waals surface area (Å²) in [5.74, 6) is 0.920. The van der Waals surface area contributed by atoms with Crippen LogP contribution in [0, 0.1) is 0 Å². The first-order valence-corrected chi connectivity index (χ1v) is 12.6. The van der Waals surface area contributed by atoms with E-state index in [1.165, 1.54) is 20.7 Å². The summed E-state index contributed by atoms with van der Waals surface area (Å²) < 4.78 is 6.46. The molecule has 0 amide bonds. The van der Waals surface area contributed by atoms with E-state index < -0.39 is 8.07 Å². The van der Waals surface area contributed by atoms with Gasteiger partial charge in [0.15, 0.2) is 8.07 Å². The lowest BCUT2D eigenvalue weighted by Gasteiger charge is -2.30. The van der Waals surface area contributed by atoms with Gasteiger partial charge < -0.3 is 4.42 Å². The molecular formula is C26H16Cl2OSi. The summed E-state index contributed by atoms with van der Waals surface area (Å²) in [6, 6.07) is 33.8. The molecule has 1 aliphatic rings. The molecule has 5 aromatic rings. The Balaban J connectivity index is 1.86. The molecule has 2 heterocycles. The van der Waals surface area contributed by atoms with Crippen LogP contribution in [0.25, 0.3) is 22.3 Å². The van der Waals surface area contributed by atoms with Gasteiger partial charge in [-0.2, -0.15) is 0 Å². The molecule has 4 heteroatoms. The van der Waals surface area contributed by atoms with Crippen molar-refractivity contribution in [3.8, 4) is 11.3 Å². The first-order valence-electron chi connectivity index (χ1n) is 9.83. The van der Waals surface area contributed by atoms with Gasteiger partial charge in [0, 0.05) is 32.2 Å². The molecule has 4 aromatic carbocycles. The molecule has 0 atom stereocenters. The number of fused-ring (bicyclic) bond motifs is 5. The molecule has 30 heavy (non-hydrogen) atoms. The van der Waals surface area contributed by atoms with Crippen molar-refractivity contribution < 1.29 is 4.42 Å². The second kappa shape index (κ2) is 6.61. The third-order valence-electron chi connectivity index (χ3n) is 6.07. The van der Waals surface area contributed by atoms with E-state index in [-0.39, 0.29) is 0 Å². The molecular weight excluding hydrogens is 427 g/mol. The fourth-order valence-electron chi connectivity index (χ4n) is 4.94. The highest BCUT2D eigenvalue weighted by atomic mass is 35.5. The van der Waals surface area contributed by atoms with Gasteiger partial charge in [-0.05, 0) is 39.8 Å². The van der Waals surface area contributed by atoms with Crippen LogP contribution in [0.2, 0.25) is 10.0 Å². The summed E-state index contributed by atoms with van der Waals surface area (Å²) in [6.45, 7) is 0. The normalized spacial score (nSPS) is 13.9. The Bertz CT molecular complexity index is 1370. The zero-order valence-corrected chi connectivity index (χ0v) is 18.4. The van der Waals surface area contributed by atoms with Crippen molar-refractivity contribution in [2.75, 3.05) is 0 Å². The Hall–Kier alpha value is -2.78. The third-order valence-corrected chi connectivity index (χ3v) is 11.4. The van der Waals surface area contributed by atoms with Gasteiger partial charge in [-0.1, -0.05) is 89.9 Å². The summed E-state index contributed by atoms with van der Waals surface area (Å²) in [5, 5.41) is 7.77. The van der Waals surface area contributed by atoms with Crippen LogP contribution in [-0.2, 0) is 0 Å². The maximum absolute atomic E-state index is 6.46. The molecule has 1 aliphatic heterocycles. The molecule has 0 aliphatic carbocycles. The first-order chi connectivity index (χ1) is 14.7. The van der Waals surface area contributed by atoms with Crippen LogP contribution in [0.4, 0.5) is 0 Å². The Morgan fingerprint density at radius 2 is 1.23 bits per heavy atom. The molecule has 0 bridgehead atoms. The van der Waals surface area contributed by atoms with Crippen molar-refractivity contribution in [2.24, 2.45) is 0 Å². The minimum absolute atomic E-state index is 0.674. The molecule has 0 saturated heterocycles. The molecule has 0 unspecified atom stereocenters. The number of halogens is 2. The molecule has 0 radical (unpaired) electrons. The zero-order valence-electron chi connectivity index (χ0n) is 15.9. The summed E-state index contributed by atoms with van der Waals surface area (Å²) in [4.78, 5) is 0. The predicted octanol–water partition coefficient (Wildman–Crippen LogP) is 5.10. The lowest BCUT2D eigenvalue weighted by atomic mass is 10.1. The Morgan fingerprint density at radius 1 is 0.633 bits per heavy atom. The zero-order chi connectivity index (χ0) is 20.3. The van der Waals surface area contributed by atoms with Crippen LogP contribution in [0.1, 0.15) is 0 Å². The average Bonchev–Trinajstić information content (AvgIpc) is 3.28. The first kappa shape index (κ1) is 18.0. The standard InChI is InChI=1S/C26H16Cl2OSi/c27-17-12-14-24-22(15-17)25-26(21-13-11-18(28)16-23(21)29-25)30(24,19-7-3-1-4-8-19)20-9-5-2-6-10-20/h1-16H. The van der Waals surface area contributed by atoms with Gasteiger partial charge in [-0.15, -0.1) is 0 Å². The van der Waals surface area contributed by atoms with Crippen molar-refractivity contribution >= 4 is 63.0 Å². The fourth-order valence-corrected chi connectivity index (χ4v) is 10.5. The van der Waals surface area contributed by atoms with Crippen molar-refractivity contribution in [3.63, 3.8) is 0 Å². The maximum atomic E-state index is 6.46. The molecule has 1 aromatic heterocycles. The van der Waals surface area contributed by atoms with Crippen LogP contribution in [-0.4, -0.2) is 8.07 Å². The quantitative estimate of drug-likeness (QED) is 0.340.